The molecule has 0 unspecified atom stereocenters. The summed E-state index contributed by atoms with van der Waals surface area (Å²) in [5.41, 5.74) is 0.997. The van der Waals surface area contributed by atoms with Gasteiger partial charge < -0.3 is 4.74 Å². The Morgan fingerprint density at radius 1 is 0.714 bits per heavy atom. The normalized spacial score (nSPS) is 10.4. The molecule has 0 N–H and O–H groups in total. The van der Waals surface area contributed by atoms with E-state index in [0.717, 1.165) is 0 Å². The van der Waals surface area contributed by atoms with Crippen molar-refractivity contribution in [1.82, 2.24) is 0 Å². The number of Topliss-reactive ketones (excluding diaryl/α,β-unsaturated/α-hetero) is 2. The highest BCUT2D eigenvalue weighted by Crippen LogP contribution is 2.11. The summed E-state index contributed by atoms with van der Waals surface area (Å²) in [7, 11) is 0. The van der Waals surface area contributed by atoms with Gasteiger partial charge in [0.05, 0.1) is 0 Å². The molecule has 0 aliphatic rings. The third-order valence-electron chi connectivity index (χ3n) is 2.80. The second kappa shape index (κ2) is 7.36. The third kappa shape index (κ3) is 4.67. The molecule has 0 spiro atoms. The van der Waals surface area contributed by atoms with Crippen molar-refractivity contribution in [2.75, 3.05) is 13.2 Å². The summed E-state index contributed by atoms with van der Waals surface area (Å²) in [5, 5.41) is 1.12. The van der Waals surface area contributed by atoms with Crippen molar-refractivity contribution in [3.8, 4) is 0 Å². The van der Waals surface area contributed by atoms with Crippen LogP contribution < -0.4 is 0 Å². The topological polar surface area (TPSA) is 43.4 Å². The predicted molar refractivity (Wildman–Crippen MR) is 82.4 cm³/mol. The molecule has 108 valence electrons. The predicted octanol–water partition coefficient (Wildman–Crippen LogP) is 4.08. The lowest BCUT2D eigenvalue weighted by Gasteiger charge is -2.04. The van der Waals surface area contributed by atoms with Gasteiger partial charge in [0.15, 0.2) is 11.6 Å². The van der Waals surface area contributed by atoms with Crippen molar-refractivity contribution < 1.29 is 14.3 Å². The van der Waals surface area contributed by atoms with Crippen LogP contribution in [-0.2, 0) is 4.74 Å². The lowest BCUT2D eigenvalue weighted by molar-refractivity contribution is 0.0672. The Balaban J connectivity index is 1.83. The lowest BCUT2D eigenvalue weighted by atomic mass is 10.1. The summed E-state index contributed by atoms with van der Waals surface area (Å²) in [5.74, 6) is -0.397. The van der Waals surface area contributed by atoms with E-state index in [-0.39, 0.29) is 24.8 Å². The van der Waals surface area contributed by atoms with Crippen LogP contribution in [0.5, 0.6) is 0 Å². The van der Waals surface area contributed by atoms with Crippen LogP contribution in [-0.4, -0.2) is 24.8 Å². The Labute approximate surface area is 132 Å². The fourth-order valence-corrected chi connectivity index (χ4v) is 1.93. The summed E-state index contributed by atoms with van der Waals surface area (Å²) >= 11 is 11.5. The van der Waals surface area contributed by atoms with Crippen LogP contribution in [0.25, 0.3) is 0 Å². The quantitative estimate of drug-likeness (QED) is 0.753. The Morgan fingerprint density at radius 2 is 1.05 bits per heavy atom. The number of halogens is 2. The maximum Gasteiger partial charge on any atom is 0.188 e. The van der Waals surface area contributed by atoms with Gasteiger partial charge in [-0.2, -0.15) is 0 Å². The number of hydrogen-bond donors (Lipinski definition) is 0. The molecule has 3 nitrogen and oxygen atoms in total. The first-order chi connectivity index (χ1) is 10.1. The zero-order valence-corrected chi connectivity index (χ0v) is 12.5. The number of carbonyl (C=O) groups is 2. The molecule has 0 bridgehead atoms. The second-order valence-electron chi connectivity index (χ2n) is 4.35. The minimum absolute atomic E-state index is 0.152. The highest BCUT2D eigenvalue weighted by atomic mass is 35.5. The maximum absolute atomic E-state index is 11.8. The molecule has 0 saturated heterocycles. The Hall–Kier alpha value is -1.68. The highest BCUT2D eigenvalue weighted by Gasteiger charge is 2.09. The fraction of sp³-hybridized carbons (Fsp3) is 0.125. The van der Waals surface area contributed by atoms with Gasteiger partial charge in [0.2, 0.25) is 0 Å². The van der Waals surface area contributed by atoms with Crippen molar-refractivity contribution in [2.45, 2.75) is 0 Å². The molecule has 0 radical (unpaired) electrons. The molecule has 0 aliphatic heterocycles. The van der Waals surface area contributed by atoms with Crippen molar-refractivity contribution in [3.63, 3.8) is 0 Å². The first-order valence-corrected chi connectivity index (χ1v) is 6.97. The molecule has 2 aromatic rings. The zero-order chi connectivity index (χ0) is 15.2. The molecule has 0 fully saturated rings. The van der Waals surface area contributed by atoms with Crippen molar-refractivity contribution in [3.05, 3.63) is 69.7 Å². The number of benzene rings is 2. The monoisotopic (exact) mass is 322 g/mol. The van der Waals surface area contributed by atoms with Gasteiger partial charge in [0, 0.05) is 21.2 Å². The average Bonchev–Trinajstić information content (AvgIpc) is 2.48. The van der Waals surface area contributed by atoms with E-state index < -0.39 is 0 Å². The Bertz CT molecular complexity index is 576. The third-order valence-corrected chi connectivity index (χ3v) is 3.30. The summed E-state index contributed by atoms with van der Waals surface area (Å²) in [6, 6.07) is 13.0. The van der Waals surface area contributed by atoms with E-state index in [9.17, 15) is 9.59 Å². The van der Waals surface area contributed by atoms with Gasteiger partial charge in [0.1, 0.15) is 13.2 Å². The molecule has 0 heterocycles. The van der Waals surface area contributed by atoms with Crippen LogP contribution >= 0.6 is 23.2 Å². The van der Waals surface area contributed by atoms with Crippen LogP contribution in [0, 0.1) is 0 Å². The van der Waals surface area contributed by atoms with Gasteiger partial charge in [-0.3, -0.25) is 9.59 Å². The van der Waals surface area contributed by atoms with Gasteiger partial charge in [0.25, 0.3) is 0 Å². The van der Waals surface area contributed by atoms with E-state index in [0.29, 0.717) is 21.2 Å². The van der Waals surface area contributed by atoms with Crippen molar-refractivity contribution in [1.29, 1.82) is 0 Å². The average molecular weight is 323 g/mol. The lowest BCUT2D eigenvalue weighted by Crippen LogP contribution is -2.15. The van der Waals surface area contributed by atoms with E-state index in [1.807, 2.05) is 0 Å². The zero-order valence-electron chi connectivity index (χ0n) is 11.0. The number of ether oxygens (including phenoxy) is 1. The van der Waals surface area contributed by atoms with Crippen LogP contribution in [0.3, 0.4) is 0 Å². The van der Waals surface area contributed by atoms with Gasteiger partial charge >= 0.3 is 0 Å². The number of rotatable bonds is 6. The minimum Gasteiger partial charge on any atom is -0.365 e. The van der Waals surface area contributed by atoms with E-state index in [1.165, 1.54) is 0 Å². The highest BCUT2D eigenvalue weighted by molar-refractivity contribution is 6.31. The molecule has 0 aliphatic carbocycles. The first-order valence-electron chi connectivity index (χ1n) is 6.21. The van der Waals surface area contributed by atoms with Crippen molar-refractivity contribution in [2.24, 2.45) is 0 Å². The molecule has 0 aromatic heterocycles. The second-order valence-corrected chi connectivity index (χ2v) is 5.23. The van der Waals surface area contributed by atoms with E-state index in [2.05, 4.69) is 0 Å². The van der Waals surface area contributed by atoms with Crippen LogP contribution in [0.15, 0.2) is 48.5 Å². The molecule has 21 heavy (non-hydrogen) atoms. The molecule has 0 amide bonds. The maximum atomic E-state index is 11.8. The minimum atomic E-state index is -0.199. The number of ketones is 2. The van der Waals surface area contributed by atoms with Crippen LogP contribution in [0.2, 0.25) is 10.0 Å². The number of carbonyl (C=O) groups excluding carboxylic acids is 2. The Kier molecular flexibility index (Phi) is 5.51. The SMILES string of the molecule is O=C(COCC(=O)c1ccc(Cl)cc1)c1ccc(Cl)cc1. The smallest absolute Gasteiger partial charge is 0.188 e. The Morgan fingerprint density at radius 3 is 1.38 bits per heavy atom. The van der Waals surface area contributed by atoms with Crippen molar-refractivity contribution >= 4 is 34.8 Å². The molecule has 0 saturated carbocycles. The van der Waals surface area contributed by atoms with E-state index in [1.54, 1.807) is 48.5 Å². The van der Waals surface area contributed by atoms with Crippen LogP contribution in [0.1, 0.15) is 20.7 Å². The van der Waals surface area contributed by atoms with Gasteiger partial charge in [-0.1, -0.05) is 23.2 Å². The molecule has 2 aromatic carbocycles. The molecule has 0 atom stereocenters. The largest absolute Gasteiger partial charge is 0.365 e. The summed E-state index contributed by atoms with van der Waals surface area (Å²) < 4.78 is 5.16. The summed E-state index contributed by atoms with van der Waals surface area (Å²) in [6.07, 6.45) is 0. The molecule has 2 rings (SSSR count). The van der Waals surface area contributed by atoms with Gasteiger partial charge in [-0.05, 0) is 48.5 Å². The molecule has 5 heteroatoms. The summed E-state index contributed by atoms with van der Waals surface area (Å²) in [4.78, 5) is 23.6. The molecular weight excluding hydrogens is 311 g/mol. The van der Waals surface area contributed by atoms with Gasteiger partial charge in [-0.15, -0.1) is 0 Å². The molecular formula is C16H12Cl2O3. The van der Waals surface area contributed by atoms with E-state index >= 15 is 0 Å². The van der Waals surface area contributed by atoms with Crippen LogP contribution in [0.4, 0.5) is 0 Å². The van der Waals surface area contributed by atoms with E-state index in [4.69, 9.17) is 27.9 Å². The summed E-state index contributed by atoms with van der Waals surface area (Å²) in [6.45, 7) is -0.304. The number of hydrogen-bond acceptors (Lipinski definition) is 3. The fourth-order valence-electron chi connectivity index (χ4n) is 1.67. The first kappa shape index (κ1) is 15.7. The van der Waals surface area contributed by atoms with Gasteiger partial charge in [-0.25, -0.2) is 0 Å². The standard InChI is InChI=1S/C16H12Cl2O3/c17-13-5-1-11(2-6-13)15(19)9-21-10-16(20)12-3-7-14(18)8-4-12/h1-8H,9-10H2.